The van der Waals surface area contributed by atoms with Crippen LogP contribution in [0.3, 0.4) is 0 Å². The normalized spacial score (nSPS) is 8.56. The second-order valence-corrected chi connectivity index (χ2v) is 2.86. The van der Waals surface area contributed by atoms with Gasteiger partial charge in [0.15, 0.2) is 0 Å². The summed E-state index contributed by atoms with van der Waals surface area (Å²) in [6, 6.07) is 5.04. The van der Waals surface area contributed by atoms with Crippen LogP contribution < -0.4 is 0 Å². The first-order chi connectivity index (χ1) is 7.34. The number of benzene rings is 1. The Balaban J connectivity index is 0.000000325. The van der Waals surface area contributed by atoms with Crippen molar-refractivity contribution in [2.75, 3.05) is 0 Å². The number of non-ortho nitro benzene ring substituents is 1. The second-order valence-electron chi connectivity index (χ2n) is 2.86. The molecule has 16 heavy (non-hydrogen) atoms. The number of hydrogen-bond donors (Lipinski definition) is 2. The first-order valence-corrected chi connectivity index (χ1v) is 4.17. The zero-order valence-electron chi connectivity index (χ0n) is 8.58. The molecule has 1 rings (SSSR count). The molecule has 0 aliphatic rings. The van der Waals surface area contributed by atoms with Crippen LogP contribution in [0, 0.1) is 10.1 Å². The summed E-state index contributed by atoms with van der Waals surface area (Å²) in [5, 5.41) is 26.6. The Morgan fingerprint density at radius 1 is 1.38 bits per heavy atom. The van der Waals surface area contributed by atoms with Crippen molar-refractivity contribution in [3.05, 3.63) is 46.5 Å². The van der Waals surface area contributed by atoms with E-state index in [2.05, 4.69) is 6.58 Å². The van der Waals surface area contributed by atoms with Gasteiger partial charge in [-0.25, -0.2) is 4.79 Å². The Kier molecular flexibility index (Phi) is 5.26. The Hall–Kier alpha value is -2.37. The molecule has 0 saturated carbocycles. The summed E-state index contributed by atoms with van der Waals surface area (Å²) in [5.74, 6) is -0.902. The third-order valence-electron chi connectivity index (χ3n) is 1.43. The van der Waals surface area contributed by atoms with Crippen LogP contribution in [0.2, 0.25) is 0 Å². The molecular formula is C10H11NO5. The molecule has 0 atom stereocenters. The third-order valence-corrected chi connectivity index (χ3v) is 1.43. The molecule has 0 aliphatic carbocycles. The zero-order chi connectivity index (χ0) is 12.7. The van der Waals surface area contributed by atoms with Gasteiger partial charge in [-0.05, 0) is 19.1 Å². The van der Waals surface area contributed by atoms with Crippen LogP contribution >= 0.6 is 0 Å². The van der Waals surface area contributed by atoms with Gasteiger partial charge in [-0.1, -0.05) is 6.58 Å². The highest BCUT2D eigenvalue weighted by atomic mass is 16.6. The SMILES string of the molecule is C=C(C)C(=O)O.O=[N+]([O-])c1ccc(O)cc1. The maximum Gasteiger partial charge on any atom is 0.330 e. The molecule has 86 valence electrons. The maximum absolute atomic E-state index is 10.0. The van der Waals surface area contributed by atoms with E-state index in [1.807, 2.05) is 0 Å². The van der Waals surface area contributed by atoms with Crippen molar-refractivity contribution in [3.8, 4) is 5.75 Å². The van der Waals surface area contributed by atoms with Crippen molar-refractivity contribution >= 4 is 11.7 Å². The number of aliphatic carboxylic acids is 1. The summed E-state index contributed by atoms with van der Waals surface area (Å²) in [5.41, 5.74) is 0.160. The Bertz CT molecular complexity index is 384. The number of rotatable bonds is 2. The minimum absolute atomic E-state index is 0.0159. The van der Waals surface area contributed by atoms with Gasteiger partial charge in [-0.15, -0.1) is 0 Å². The van der Waals surface area contributed by atoms with Crippen molar-refractivity contribution in [3.63, 3.8) is 0 Å². The van der Waals surface area contributed by atoms with E-state index in [1.165, 1.54) is 31.2 Å². The van der Waals surface area contributed by atoms with E-state index in [0.717, 1.165) is 0 Å². The molecule has 6 heteroatoms. The topological polar surface area (TPSA) is 101 Å². The number of hydrogen-bond acceptors (Lipinski definition) is 4. The maximum atomic E-state index is 10.0. The smallest absolute Gasteiger partial charge is 0.330 e. The van der Waals surface area contributed by atoms with Crippen molar-refractivity contribution in [2.45, 2.75) is 6.92 Å². The van der Waals surface area contributed by atoms with E-state index in [9.17, 15) is 14.9 Å². The fourth-order valence-corrected chi connectivity index (χ4v) is 0.574. The fourth-order valence-electron chi connectivity index (χ4n) is 0.574. The van der Waals surface area contributed by atoms with Crippen LogP contribution in [0.4, 0.5) is 5.69 Å². The number of nitro groups is 1. The molecule has 1 aromatic carbocycles. The summed E-state index contributed by atoms with van der Waals surface area (Å²) in [4.78, 5) is 19.1. The molecule has 6 nitrogen and oxygen atoms in total. The first kappa shape index (κ1) is 13.6. The summed E-state index contributed by atoms with van der Waals surface area (Å²) in [6.07, 6.45) is 0. The van der Waals surface area contributed by atoms with Crippen LogP contribution in [-0.4, -0.2) is 21.1 Å². The van der Waals surface area contributed by atoms with Gasteiger partial charge in [0.2, 0.25) is 0 Å². The third kappa shape index (κ3) is 5.38. The molecular weight excluding hydrogens is 214 g/mol. The number of nitrogens with zero attached hydrogens (tertiary/aromatic N) is 1. The van der Waals surface area contributed by atoms with Crippen molar-refractivity contribution in [1.29, 1.82) is 0 Å². The summed E-state index contributed by atoms with van der Waals surface area (Å²) >= 11 is 0. The lowest BCUT2D eigenvalue weighted by Gasteiger charge is -1.89. The quantitative estimate of drug-likeness (QED) is 0.455. The lowest BCUT2D eigenvalue weighted by molar-refractivity contribution is -0.384. The lowest BCUT2D eigenvalue weighted by atomic mass is 10.3. The standard InChI is InChI=1S/C6H5NO3.C4H6O2/c8-6-3-1-5(2-4-6)7(9)10;1-3(2)4(5)6/h1-4,8H;1H2,2H3,(H,5,6). The highest BCUT2D eigenvalue weighted by Crippen LogP contribution is 2.14. The fraction of sp³-hybridized carbons (Fsp3) is 0.100. The van der Waals surface area contributed by atoms with Crippen molar-refractivity contribution < 1.29 is 19.9 Å². The number of phenolic OH excluding ortho intramolecular Hbond substituents is 1. The van der Waals surface area contributed by atoms with Crippen LogP contribution in [0.25, 0.3) is 0 Å². The molecule has 0 saturated heterocycles. The number of carboxylic acids is 1. The predicted octanol–water partition coefficient (Wildman–Crippen LogP) is 1.95. The monoisotopic (exact) mass is 225 g/mol. The zero-order valence-corrected chi connectivity index (χ0v) is 8.58. The minimum atomic E-state index is -0.935. The van der Waals surface area contributed by atoms with E-state index < -0.39 is 10.9 Å². The van der Waals surface area contributed by atoms with Crippen LogP contribution in [0.5, 0.6) is 5.75 Å². The first-order valence-electron chi connectivity index (χ1n) is 4.17. The molecule has 0 fully saturated rings. The minimum Gasteiger partial charge on any atom is -0.508 e. The molecule has 0 aliphatic heterocycles. The van der Waals surface area contributed by atoms with Gasteiger partial charge in [0, 0.05) is 17.7 Å². The molecule has 0 unspecified atom stereocenters. The van der Waals surface area contributed by atoms with Gasteiger partial charge in [0.1, 0.15) is 5.75 Å². The Morgan fingerprint density at radius 3 is 2.00 bits per heavy atom. The van der Waals surface area contributed by atoms with E-state index >= 15 is 0 Å². The summed E-state index contributed by atoms with van der Waals surface area (Å²) < 4.78 is 0. The molecule has 0 spiro atoms. The largest absolute Gasteiger partial charge is 0.508 e. The van der Waals surface area contributed by atoms with E-state index in [-0.39, 0.29) is 17.0 Å². The van der Waals surface area contributed by atoms with E-state index in [4.69, 9.17) is 10.2 Å². The second kappa shape index (κ2) is 6.18. The molecule has 0 aromatic heterocycles. The number of nitro benzene ring substituents is 1. The van der Waals surface area contributed by atoms with Gasteiger partial charge in [-0.2, -0.15) is 0 Å². The Labute approximate surface area is 91.6 Å². The van der Waals surface area contributed by atoms with Gasteiger partial charge >= 0.3 is 5.97 Å². The number of carboxylic acid groups (broad SMARTS) is 1. The van der Waals surface area contributed by atoms with Gasteiger partial charge in [0.25, 0.3) is 5.69 Å². The van der Waals surface area contributed by atoms with Crippen LogP contribution in [-0.2, 0) is 4.79 Å². The van der Waals surface area contributed by atoms with E-state index in [1.54, 1.807) is 0 Å². The highest BCUT2D eigenvalue weighted by Gasteiger charge is 2.01. The number of aromatic hydroxyl groups is 1. The molecule has 0 amide bonds. The molecule has 0 radical (unpaired) electrons. The van der Waals surface area contributed by atoms with Crippen LogP contribution in [0.1, 0.15) is 6.92 Å². The van der Waals surface area contributed by atoms with Gasteiger partial charge in [-0.3, -0.25) is 10.1 Å². The molecule has 0 bridgehead atoms. The van der Waals surface area contributed by atoms with Crippen LogP contribution in [0.15, 0.2) is 36.4 Å². The summed E-state index contributed by atoms with van der Waals surface area (Å²) in [6.45, 7) is 4.60. The number of carbonyl (C=O) groups is 1. The number of phenols is 1. The average Bonchev–Trinajstić information content (AvgIpc) is 2.19. The summed E-state index contributed by atoms with van der Waals surface area (Å²) in [7, 11) is 0. The van der Waals surface area contributed by atoms with Crippen molar-refractivity contribution in [2.24, 2.45) is 0 Å². The predicted molar refractivity (Wildman–Crippen MR) is 57.2 cm³/mol. The average molecular weight is 225 g/mol. The highest BCUT2D eigenvalue weighted by molar-refractivity contribution is 5.84. The lowest BCUT2D eigenvalue weighted by Crippen LogP contribution is -1.92. The van der Waals surface area contributed by atoms with Crippen molar-refractivity contribution in [1.82, 2.24) is 0 Å². The molecule has 1 aromatic rings. The Morgan fingerprint density at radius 2 is 1.75 bits per heavy atom. The molecule has 2 N–H and O–H groups in total. The van der Waals surface area contributed by atoms with Gasteiger partial charge < -0.3 is 10.2 Å². The molecule has 0 heterocycles. The van der Waals surface area contributed by atoms with Gasteiger partial charge in [0.05, 0.1) is 4.92 Å². The van der Waals surface area contributed by atoms with E-state index in [0.29, 0.717) is 0 Å².